The number of nitrogen functional groups attached to an aromatic ring is 1. The molecular formula is C13H11BrN2OS. The molecule has 0 radical (unpaired) electrons. The van der Waals surface area contributed by atoms with E-state index in [1.807, 2.05) is 22.4 Å². The van der Waals surface area contributed by atoms with E-state index in [2.05, 4.69) is 22.0 Å². The van der Waals surface area contributed by atoms with Crippen LogP contribution in [0.1, 0.15) is 20.8 Å². The average molecular weight is 323 g/mol. The van der Waals surface area contributed by atoms with Crippen molar-refractivity contribution in [3.05, 3.63) is 50.1 Å². The molecule has 0 unspecified atom stereocenters. The third-order valence-electron chi connectivity index (χ3n) is 2.98. The molecule has 1 aromatic carbocycles. The molecule has 2 heterocycles. The first-order valence-corrected chi connectivity index (χ1v) is 7.21. The lowest BCUT2D eigenvalue weighted by Gasteiger charge is -2.13. The molecule has 3 rings (SSSR count). The van der Waals surface area contributed by atoms with Crippen LogP contribution in [-0.2, 0) is 13.1 Å². The first-order chi connectivity index (χ1) is 8.63. The zero-order chi connectivity index (χ0) is 12.7. The summed E-state index contributed by atoms with van der Waals surface area (Å²) in [5.74, 6) is 0.0711. The number of nitrogens with zero attached hydrogens (tertiary/aromatic N) is 1. The van der Waals surface area contributed by atoms with Crippen molar-refractivity contribution in [3.63, 3.8) is 0 Å². The van der Waals surface area contributed by atoms with Gasteiger partial charge in [0.1, 0.15) is 0 Å². The number of nitrogens with two attached hydrogens (primary N) is 1. The van der Waals surface area contributed by atoms with Crippen LogP contribution in [0.4, 0.5) is 5.69 Å². The minimum atomic E-state index is 0.0711. The molecule has 0 bridgehead atoms. The van der Waals surface area contributed by atoms with E-state index < -0.39 is 0 Å². The average Bonchev–Trinajstić information content (AvgIpc) is 2.86. The number of anilines is 1. The number of rotatable bonds is 2. The van der Waals surface area contributed by atoms with Crippen LogP contribution < -0.4 is 5.73 Å². The lowest BCUT2D eigenvalue weighted by atomic mass is 10.1. The van der Waals surface area contributed by atoms with Crippen molar-refractivity contribution < 1.29 is 4.79 Å². The number of halogens is 1. The van der Waals surface area contributed by atoms with Gasteiger partial charge >= 0.3 is 0 Å². The summed E-state index contributed by atoms with van der Waals surface area (Å²) >= 11 is 5.08. The van der Waals surface area contributed by atoms with Gasteiger partial charge < -0.3 is 10.6 Å². The standard InChI is InChI=1S/C13H11BrN2OS/c14-9-3-11(18-7-9)6-16-5-8-1-2-10(15)4-12(8)13(16)17/h1-4,7H,5-6,15H2. The van der Waals surface area contributed by atoms with Crippen molar-refractivity contribution in [2.75, 3.05) is 5.73 Å². The number of carbonyl (C=O) groups is 1. The lowest BCUT2D eigenvalue weighted by Crippen LogP contribution is -2.22. The molecule has 5 heteroatoms. The summed E-state index contributed by atoms with van der Waals surface area (Å²) in [6, 6.07) is 7.60. The van der Waals surface area contributed by atoms with Gasteiger partial charge in [-0.1, -0.05) is 6.07 Å². The Hall–Kier alpha value is -1.33. The Bertz CT molecular complexity index is 623. The number of amides is 1. The quantitative estimate of drug-likeness (QED) is 0.863. The number of fused-ring (bicyclic) bond motifs is 1. The summed E-state index contributed by atoms with van der Waals surface area (Å²) in [6.45, 7) is 1.33. The predicted molar refractivity (Wildman–Crippen MR) is 76.5 cm³/mol. The Kier molecular flexibility index (Phi) is 2.87. The first-order valence-electron chi connectivity index (χ1n) is 5.54. The second-order valence-electron chi connectivity index (χ2n) is 4.31. The van der Waals surface area contributed by atoms with Crippen LogP contribution in [0.15, 0.2) is 34.1 Å². The van der Waals surface area contributed by atoms with Crippen molar-refractivity contribution in [1.82, 2.24) is 4.90 Å². The fourth-order valence-corrected chi connectivity index (χ4v) is 3.60. The van der Waals surface area contributed by atoms with Gasteiger partial charge in [0.2, 0.25) is 0 Å². The number of thiophene rings is 1. The summed E-state index contributed by atoms with van der Waals surface area (Å²) < 4.78 is 1.07. The molecule has 0 fully saturated rings. The third kappa shape index (κ3) is 2.04. The van der Waals surface area contributed by atoms with Gasteiger partial charge in [-0.3, -0.25) is 4.79 Å². The van der Waals surface area contributed by atoms with Crippen LogP contribution >= 0.6 is 27.3 Å². The maximum atomic E-state index is 12.2. The molecule has 1 aliphatic heterocycles. The summed E-state index contributed by atoms with van der Waals surface area (Å²) in [6.07, 6.45) is 0. The minimum Gasteiger partial charge on any atom is -0.399 e. The van der Waals surface area contributed by atoms with E-state index >= 15 is 0 Å². The Morgan fingerprint density at radius 2 is 2.22 bits per heavy atom. The Labute approximate surface area is 117 Å². The van der Waals surface area contributed by atoms with Gasteiger partial charge in [0.15, 0.2) is 0 Å². The summed E-state index contributed by atoms with van der Waals surface area (Å²) in [4.78, 5) is 15.2. The second-order valence-corrected chi connectivity index (χ2v) is 6.22. The molecule has 0 aliphatic carbocycles. The molecule has 0 saturated carbocycles. The minimum absolute atomic E-state index is 0.0711. The highest BCUT2D eigenvalue weighted by molar-refractivity contribution is 9.10. The van der Waals surface area contributed by atoms with Crippen LogP contribution in [0.2, 0.25) is 0 Å². The van der Waals surface area contributed by atoms with Gasteiger partial charge in [0, 0.05) is 32.5 Å². The van der Waals surface area contributed by atoms with Gasteiger partial charge in [0.25, 0.3) is 5.91 Å². The van der Waals surface area contributed by atoms with E-state index in [-0.39, 0.29) is 5.91 Å². The Morgan fingerprint density at radius 3 is 2.94 bits per heavy atom. The van der Waals surface area contributed by atoms with E-state index in [9.17, 15) is 4.79 Å². The molecule has 92 valence electrons. The Morgan fingerprint density at radius 1 is 1.39 bits per heavy atom. The van der Waals surface area contributed by atoms with Gasteiger partial charge in [0.05, 0.1) is 6.54 Å². The van der Waals surface area contributed by atoms with Gasteiger partial charge in [-0.2, -0.15) is 0 Å². The first kappa shape index (κ1) is 11.7. The van der Waals surface area contributed by atoms with Crippen molar-refractivity contribution in [3.8, 4) is 0 Å². The molecule has 1 amide bonds. The summed E-state index contributed by atoms with van der Waals surface area (Å²) in [5.41, 5.74) is 8.16. The van der Waals surface area contributed by atoms with Crippen LogP contribution in [0.3, 0.4) is 0 Å². The van der Waals surface area contributed by atoms with E-state index in [0.29, 0.717) is 18.8 Å². The molecule has 18 heavy (non-hydrogen) atoms. The number of hydrogen-bond acceptors (Lipinski definition) is 3. The van der Waals surface area contributed by atoms with E-state index in [1.165, 1.54) is 4.88 Å². The molecule has 2 aromatic rings. The van der Waals surface area contributed by atoms with Crippen molar-refractivity contribution >= 4 is 38.9 Å². The van der Waals surface area contributed by atoms with Crippen LogP contribution in [0.25, 0.3) is 0 Å². The lowest BCUT2D eigenvalue weighted by molar-refractivity contribution is 0.0768. The van der Waals surface area contributed by atoms with Gasteiger partial charge in [-0.15, -0.1) is 11.3 Å². The maximum absolute atomic E-state index is 12.2. The zero-order valence-corrected chi connectivity index (χ0v) is 11.9. The van der Waals surface area contributed by atoms with Crippen LogP contribution in [0, 0.1) is 0 Å². The zero-order valence-electron chi connectivity index (χ0n) is 9.52. The van der Waals surface area contributed by atoms with Crippen molar-refractivity contribution in [1.29, 1.82) is 0 Å². The normalized spacial score (nSPS) is 14.1. The SMILES string of the molecule is Nc1ccc2c(c1)C(=O)N(Cc1cc(Br)cs1)C2. The second kappa shape index (κ2) is 4.40. The molecule has 2 N–H and O–H groups in total. The molecule has 1 aliphatic rings. The molecule has 0 atom stereocenters. The molecule has 0 spiro atoms. The summed E-state index contributed by atoms with van der Waals surface area (Å²) in [7, 11) is 0. The number of benzene rings is 1. The Balaban J connectivity index is 1.84. The fraction of sp³-hybridized carbons (Fsp3) is 0.154. The smallest absolute Gasteiger partial charge is 0.254 e. The highest BCUT2D eigenvalue weighted by Crippen LogP contribution is 2.28. The van der Waals surface area contributed by atoms with E-state index in [1.54, 1.807) is 17.4 Å². The van der Waals surface area contributed by atoms with Crippen LogP contribution in [0.5, 0.6) is 0 Å². The monoisotopic (exact) mass is 322 g/mol. The largest absolute Gasteiger partial charge is 0.399 e. The van der Waals surface area contributed by atoms with Gasteiger partial charge in [-0.05, 0) is 39.7 Å². The highest BCUT2D eigenvalue weighted by Gasteiger charge is 2.27. The van der Waals surface area contributed by atoms with Crippen molar-refractivity contribution in [2.24, 2.45) is 0 Å². The fourth-order valence-electron chi connectivity index (χ4n) is 2.13. The number of carbonyl (C=O) groups excluding carboxylic acids is 1. The number of hydrogen-bond donors (Lipinski definition) is 1. The molecule has 1 aromatic heterocycles. The van der Waals surface area contributed by atoms with E-state index in [0.717, 1.165) is 15.6 Å². The van der Waals surface area contributed by atoms with Crippen molar-refractivity contribution in [2.45, 2.75) is 13.1 Å². The molecule has 0 saturated heterocycles. The van der Waals surface area contributed by atoms with Gasteiger partial charge in [-0.25, -0.2) is 0 Å². The van der Waals surface area contributed by atoms with Crippen LogP contribution in [-0.4, -0.2) is 10.8 Å². The molecular weight excluding hydrogens is 312 g/mol. The topological polar surface area (TPSA) is 46.3 Å². The third-order valence-corrected chi connectivity index (χ3v) is 4.66. The summed E-state index contributed by atoms with van der Waals surface area (Å²) in [5, 5.41) is 2.03. The molecule has 3 nitrogen and oxygen atoms in total. The maximum Gasteiger partial charge on any atom is 0.254 e. The predicted octanol–water partition coefficient (Wildman–Crippen LogP) is 3.25. The highest BCUT2D eigenvalue weighted by atomic mass is 79.9. The van der Waals surface area contributed by atoms with E-state index in [4.69, 9.17) is 5.73 Å².